The zero-order valence-electron chi connectivity index (χ0n) is 17.9. The van der Waals surface area contributed by atoms with Gasteiger partial charge < -0.3 is 19.7 Å². The summed E-state index contributed by atoms with van der Waals surface area (Å²) in [4.78, 5) is 16.9. The van der Waals surface area contributed by atoms with Crippen molar-refractivity contribution in [3.63, 3.8) is 0 Å². The number of ether oxygens (including phenoxy) is 2. The number of hydrogen-bond acceptors (Lipinski definition) is 5. The third kappa shape index (κ3) is 5.67. The number of piperazine rings is 1. The molecular formula is C25H29N3O3. The summed E-state index contributed by atoms with van der Waals surface area (Å²) in [6.45, 7) is 5.42. The van der Waals surface area contributed by atoms with Gasteiger partial charge in [0, 0.05) is 45.0 Å². The Bertz CT molecular complexity index is 998. The van der Waals surface area contributed by atoms with Crippen LogP contribution in [0.5, 0.6) is 11.5 Å². The smallest absolute Gasteiger partial charge is 0.257 e. The van der Waals surface area contributed by atoms with Gasteiger partial charge in [-0.3, -0.25) is 9.69 Å². The molecule has 0 saturated carbocycles. The van der Waals surface area contributed by atoms with E-state index in [-0.39, 0.29) is 12.5 Å². The molecule has 1 saturated heterocycles. The number of nitrogens with zero attached hydrogens (tertiary/aromatic N) is 2. The molecule has 0 spiro atoms. The van der Waals surface area contributed by atoms with Gasteiger partial charge >= 0.3 is 0 Å². The maximum absolute atomic E-state index is 12.1. The number of rotatable bonds is 8. The van der Waals surface area contributed by atoms with E-state index in [1.54, 1.807) is 7.11 Å². The van der Waals surface area contributed by atoms with Crippen molar-refractivity contribution < 1.29 is 14.3 Å². The van der Waals surface area contributed by atoms with Crippen molar-refractivity contribution in [2.75, 3.05) is 57.9 Å². The van der Waals surface area contributed by atoms with Crippen LogP contribution in [0.25, 0.3) is 10.8 Å². The Hall–Kier alpha value is -3.25. The normalized spacial score (nSPS) is 14.4. The molecule has 3 aromatic rings. The van der Waals surface area contributed by atoms with Gasteiger partial charge in [-0.1, -0.05) is 30.3 Å². The minimum Gasteiger partial charge on any atom is -0.497 e. The summed E-state index contributed by atoms with van der Waals surface area (Å²) >= 11 is 0. The van der Waals surface area contributed by atoms with E-state index in [9.17, 15) is 4.79 Å². The monoisotopic (exact) mass is 419 g/mol. The molecule has 162 valence electrons. The Kier molecular flexibility index (Phi) is 6.89. The molecule has 0 unspecified atom stereocenters. The number of carbonyl (C=O) groups excluding carboxylic acids is 1. The van der Waals surface area contributed by atoms with Crippen molar-refractivity contribution in [3.05, 3.63) is 66.7 Å². The lowest BCUT2D eigenvalue weighted by molar-refractivity contribution is -0.123. The van der Waals surface area contributed by atoms with Crippen molar-refractivity contribution in [1.29, 1.82) is 0 Å². The lowest BCUT2D eigenvalue weighted by Crippen LogP contribution is -2.48. The first-order valence-corrected chi connectivity index (χ1v) is 10.7. The summed E-state index contributed by atoms with van der Waals surface area (Å²) in [5, 5.41) is 5.22. The summed E-state index contributed by atoms with van der Waals surface area (Å²) in [5.74, 6) is 1.50. The fourth-order valence-corrected chi connectivity index (χ4v) is 3.83. The van der Waals surface area contributed by atoms with E-state index in [0.29, 0.717) is 12.3 Å². The van der Waals surface area contributed by atoms with Crippen LogP contribution >= 0.6 is 0 Å². The molecule has 0 atom stereocenters. The van der Waals surface area contributed by atoms with Crippen LogP contribution in [0.15, 0.2) is 66.7 Å². The molecule has 1 amide bonds. The number of amides is 1. The molecule has 1 aliphatic heterocycles. The Labute approximate surface area is 183 Å². The molecule has 31 heavy (non-hydrogen) atoms. The number of benzene rings is 3. The number of hydrogen-bond donors (Lipinski definition) is 1. The molecule has 3 aromatic carbocycles. The third-order valence-electron chi connectivity index (χ3n) is 5.65. The number of nitrogens with one attached hydrogen (secondary N) is 1. The van der Waals surface area contributed by atoms with E-state index in [1.807, 2.05) is 48.5 Å². The van der Waals surface area contributed by atoms with E-state index < -0.39 is 0 Å². The molecule has 1 heterocycles. The molecular weight excluding hydrogens is 390 g/mol. The van der Waals surface area contributed by atoms with Crippen LogP contribution in [-0.2, 0) is 4.79 Å². The molecule has 4 rings (SSSR count). The maximum Gasteiger partial charge on any atom is 0.257 e. The van der Waals surface area contributed by atoms with Crippen LogP contribution in [0.1, 0.15) is 0 Å². The van der Waals surface area contributed by atoms with Crippen LogP contribution in [0.2, 0.25) is 0 Å². The molecule has 0 aliphatic carbocycles. The zero-order valence-corrected chi connectivity index (χ0v) is 17.9. The van der Waals surface area contributed by atoms with Gasteiger partial charge in [0.25, 0.3) is 5.91 Å². The van der Waals surface area contributed by atoms with Gasteiger partial charge in [0.15, 0.2) is 6.61 Å². The summed E-state index contributed by atoms with van der Waals surface area (Å²) in [7, 11) is 1.68. The molecule has 6 heteroatoms. The van der Waals surface area contributed by atoms with Crippen LogP contribution in [0.3, 0.4) is 0 Å². The summed E-state index contributed by atoms with van der Waals surface area (Å²) in [6.07, 6.45) is 0. The molecule has 6 nitrogen and oxygen atoms in total. The van der Waals surface area contributed by atoms with Gasteiger partial charge in [-0.2, -0.15) is 0 Å². The van der Waals surface area contributed by atoms with Gasteiger partial charge in [-0.15, -0.1) is 0 Å². The number of anilines is 1. The summed E-state index contributed by atoms with van der Waals surface area (Å²) in [6, 6.07) is 22.2. The topological polar surface area (TPSA) is 54.0 Å². The molecule has 0 bridgehead atoms. The highest BCUT2D eigenvalue weighted by atomic mass is 16.5. The molecule has 0 aromatic heterocycles. The predicted molar refractivity (Wildman–Crippen MR) is 124 cm³/mol. The fraction of sp³-hybridized carbons (Fsp3) is 0.320. The number of fused-ring (bicyclic) bond motifs is 1. The van der Waals surface area contributed by atoms with Gasteiger partial charge in [-0.25, -0.2) is 0 Å². The largest absolute Gasteiger partial charge is 0.497 e. The third-order valence-corrected chi connectivity index (χ3v) is 5.65. The first-order chi connectivity index (χ1) is 15.2. The average molecular weight is 420 g/mol. The number of methoxy groups -OCH3 is 1. The highest BCUT2D eigenvalue weighted by Gasteiger charge is 2.17. The van der Waals surface area contributed by atoms with Crippen molar-refractivity contribution in [2.24, 2.45) is 0 Å². The van der Waals surface area contributed by atoms with E-state index in [4.69, 9.17) is 9.47 Å². The first-order valence-electron chi connectivity index (χ1n) is 10.7. The lowest BCUT2D eigenvalue weighted by Gasteiger charge is -2.36. The quantitative estimate of drug-likeness (QED) is 0.608. The van der Waals surface area contributed by atoms with E-state index in [2.05, 4.69) is 33.3 Å². The molecule has 1 aliphatic rings. The summed E-state index contributed by atoms with van der Waals surface area (Å²) < 4.78 is 10.9. The van der Waals surface area contributed by atoms with E-state index in [1.165, 1.54) is 5.69 Å². The first kappa shape index (κ1) is 21.0. The van der Waals surface area contributed by atoms with Crippen LogP contribution in [0.4, 0.5) is 5.69 Å². The highest BCUT2D eigenvalue weighted by molar-refractivity contribution is 5.84. The van der Waals surface area contributed by atoms with Crippen LogP contribution < -0.4 is 19.7 Å². The summed E-state index contributed by atoms with van der Waals surface area (Å²) in [5.41, 5.74) is 1.22. The Morgan fingerprint density at radius 2 is 1.61 bits per heavy atom. The Morgan fingerprint density at radius 3 is 2.35 bits per heavy atom. The second kappa shape index (κ2) is 10.2. The number of carbonyl (C=O) groups is 1. The minimum absolute atomic E-state index is 0.0313. The Morgan fingerprint density at radius 1 is 0.903 bits per heavy atom. The van der Waals surface area contributed by atoms with Crippen LogP contribution in [-0.4, -0.2) is 63.8 Å². The lowest BCUT2D eigenvalue weighted by atomic mass is 10.1. The minimum atomic E-state index is -0.0926. The second-order valence-electron chi connectivity index (χ2n) is 7.67. The van der Waals surface area contributed by atoms with Gasteiger partial charge in [0.2, 0.25) is 0 Å². The van der Waals surface area contributed by atoms with Gasteiger partial charge in [0.1, 0.15) is 11.5 Å². The van der Waals surface area contributed by atoms with Crippen molar-refractivity contribution in [1.82, 2.24) is 10.2 Å². The predicted octanol–water partition coefficient (Wildman–Crippen LogP) is 3.17. The maximum atomic E-state index is 12.1. The average Bonchev–Trinajstić information content (AvgIpc) is 2.83. The molecule has 1 fully saturated rings. The highest BCUT2D eigenvalue weighted by Crippen LogP contribution is 2.21. The molecule has 0 radical (unpaired) electrons. The second-order valence-corrected chi connectivity index (χ2v) is 7.67. The van der Waals surface area contributed by atoms with E-state index in [0.717, 1.165) is 49.2 Å². The van der Waals surface area contributed by atoms with Crippen molar-refractivity contribution >= 4 is 22.4 Å². The van der Waals surface area contributed by atoms with Crippen LogP contribution in [0, 0.1) is 0 Å². The van der Waals surface area contributed by atoms with Crippen molar-refractivity contribution in [3.8, 4) is 11.5 Å². The zero-order chi connectivity index (χ0) is 21.5. The van der Waals surface area contributed by atoms with Crippen molar-refractivity contribution in [2.45, 2.75) is 0 Å². The van der Waals surface area contributed by atoms with Gasteiger partial charge in [0.05, 0.1) is 7.11 Å². The van der Waals surface area contributed by atoms with E-state index >= 15 is 0 Å². The SMILES string of the molecule is COc1ccc(N2CCN(CCNC(=O)COc3ccc4ccccc4c3)CC2)cc1. The van der Waals surface area contributed by atoms with Gasteiger partial charge in [-0.05, 0) is 47.2 Å². The fourth-order valence-electron chi connectivity index (χ4n) is 3.83. The Balaban J connectivity index is 1.14. The molecule has 1 N–H and O–H groups in total. The standard InChI is InChI=1S/C25H29N3O3/c1-30-23-10-7-22(8-11-23)28-16-14-27(15-17-28)13-12-26-25(29)19-31-24-9-6-20-4-2-3-5-21(20)18-24/h2-11,18H,12-17,19H2,1H3,(H,26,29).